The molecule has 0 radical (unpaired) electrons. The Hall–Kier alpha value is -1.51. The minimum Gasteiger partial charge on any atom is -0.410 e. The highest BCUT2D eigenvalue weighted by Crippen LogP contribution is 2.48. The number of fused-ring (bicyclic) bond motifs is 2. The zero-order valence-electron chi connectivity index (χ0n) is 11.4. The van der Waals surface area contributed by atoms with Crippen LogP contribution >= 0.6 is 0 Å². The Bertz CT molecular complexity index is 445. The summed E-state index contributed by atoms with van der Waals surface area (Å²) in [6.07, 6.45) is 5.20. The third-order valence-electron chi connectivity index (χ3n) is 4.65. The number of carbonyl (C=O) groups excluding carboxylic acids is 1. The predicted octanol–water partition coefficient (Wildman–Crippen LogP) is 3.55. The molecule has 3 unspecified atom stereocenters. The van der Waals surface area contributed by atoms with Crippen LogP contribution in [0.15, 0.2) is 30.3 Å². The fourth-order valence-corrected chi connectivity index (χ4v) is 3.69. The summed E-state index contributed by atoms with van der Waals surface area (Å²) in [6, 6.07) is 9.28. The summed E-state index contributed by atoms with van der Waals surface area (Å²) < 4.78 is 5.35. The lowest BCUT2D eigenvalue weighted by molar-refractivity contribution is 0.147. The van der Waals surface area contributed by atoms with Gasteiger partial charge in [-0.25, -0.2) is 4.79 Å². The molecule has 2 aliphatic rings. The van der Waals surface area contributed by atoms with Gasteiger partial charge in [0.15, 0.2) is 0 Å². The molecule has 2 fully saturated rings. The molecule has 3 atom stereocenters. The molecule has 3 nitrogen and oxygen atoms in total. The van der Waals surface area contributed by atoms with Gasteiger partial charge < -0.3 is 9.64 Å². The van der Waals surface area contributed by atoms with Crippen molar-refractivity contribution in [3.63, 3.8) is 0 Å². The number of para-hydroxylation sites is 1. The SMILES string of the molecule is CN(CC1CC2CCC1C2)C(=O)Oc1ccccc1. The van der Waals surface area contributed by atoms with E-state index in [-0.39, 0.29) is 6.09 Å². The number of nitrogens with zero attached hydrogens (tertiary/aromatic N) is 1. The number of hydrogen-bond acceptors (Lipinski definition) is 2. The van der Waals surface area contributed by atoms with Crippen molar-refractivity contribution in [3.05, 3.63) is 30.3 Å². The molecule has 0 N–H and O–H groups in total. The molecule has 2 saturated carbocycles. The van der Waals surface area contributed by atoms with Crippen molar-refractivity contribution in [1.82, 2.24) is 4.90 Å². The van der Waals surface area contributed by atoms with E-state index < -0.39 is 0 Å². The van der Waals surface area contributed by atoms with Gasteiger partial charge in [0.05, 0.1) is 0 Å². The lowest BCUT2D eigenvalue weighted by Gasteiger charge is -2.26. The molecule has 1 amide bonds. The molecule has 0 aromatic heterocycles. The van der Waals surface area contributed by atoms with Gasteiger partial charge >= 0.3 is 6.09 Å². The largest absolute Gasteiger partial charge is 0.414 e. The Morgan fingerprint density at radius 3 is 2.68 bits per heavy atom. The minimum absolute atomic E-state index is 0.242. The Morgan fingerprint density at radius 1 is 1.26 bits per heavy atom. The first-order valence-electron chi connectivity index (χ1n) is 7.20. The second-order valence-corrected chi connectivity index (χ2v) is 6.00. The van der Waals surface area contributed by atoms with Crippen LogP contribution in [0.4, 0.5) is 4.79 Å². The standard InChI is InChI=1S/C16H21NO2/c1-17(11-14-10-12-7-8-13(14)9-12)16(18)19-15-5-3-2-4-6-15/h2-6,12-14H,7-11H2,1H3. The van der Waals surface area contributed by atoms with Crippen molar-refractivity contribution in [2.24, 2.45) is 17.8 Å². The third kappa shape index (κ3) is 2.75. The molecular weight excluding hydrogens is 238 g/mol. The fraction of sp³-hybridized carbons (Fsp3) is 0.562. The Labute approximate surface area is 114 Å². The molecule has 19 heavy (non-hydrogen) atoms. The Balaban J connectivity index is 1.52. The molecule has 3 heteroatoms. The van der Waals surface area contributed by atoms with Crippen LogP contribution in [-0.2, 0) is 0 Å². The first-order valence-corrected chi connectivity index (χ1v) is 7.20. The number of ether oxygens (including phenoxy) is 1. The highest BCUT2D eigenvalue weighted by Gasteiger charge is 2.40. The predicted molar refractivity (Wildman–Crippen MR) is 74.0 cm³/mol. The smallest absolute Gasteiger partial charge is 0.410 e. The van der Waals surface area contributed by atoms with Gasteiger partial charge in [-0.15, -0.1) is 0 Å². The quantitative estimate of drug-likeness (QED) is 0.830. The van der Waals surface area contributed by atoms with Crippen LogP contribution in [-0.4, -0.2) is 24.6 Å². The van der Waals surface area contributed by atoms with E-state index in [4.69, 9.17) is 4.74 Å². The maximum Gasteiger partial charge on any atom is 0.414 e. The molecule has 0 heterocycles. The molecule has 1 aromatic carbocycles. The van der Waals surface area contributed by atoms with E-state index >= 15 is 0 Å². The zero-order chi connectivity index (χ0) is 13.2. The van der Waals surface area contributed by atoms with Crippen LogP contribution in [0.25, 0.3) is 0 Å². The summed E-state index contributed by atoms with van der Waals surface area (Å²) in [6.45, 7) is 0.840. The number of benzene rings is 1. The van der Waals surface area contributed by atoms with Gasteiger partial charge in [0.25, 0.3) is 0 Å². The molecule has 0 aliphatic heterocycles. The molecule has 102 valence electrons. The first-order chi connectivity index (χ1) is 9.22. The summed E-state index contributed by atoms with van der Waals surface area (Å²) in [5.74, 6) is 3.07. The zero-order valence-corrected chi connectivity index (χ0v) is 11.4. The van der Waals surface area contributed by atoms with Gasteiger partial charge in [-0.05, 0) is 49.1 Å². The van der Waals surface area contributed by atoms with E-state index in [2.05, 4.69) is 0 Å². The lowest BCUT2D eigenvalue weighted by atomic mass is 9.88. The third-order valence-corrected chi connectivity index (χ3v) is 4.65. The van der Waals surface area contributed by atoms with Gasteiger partial charge in [0, 0.05) is 13.6 Å². The minimum atomic E-state index is -0.242. The van der Waals surface area contributed by atoms with E-state index in [0.717, 1.165) is 18.4 Å². The maximum atomic E-state index is 12.0. The Morgan fingerprint density at radius 2 is 2.05 bits per heavy atom. The van der Waals surface area contributed by atoms with Gasteiger partial charge in [0.2, 0.25) is 0 Å². The van der Waals surface area contributed by atoms with E-state index in [1.807, 2.05) is 37.4 Å². The molecule has 0 spiro atoms. The maximum absolute atomic E-state index is 12.0. The van der Waals surface area contributed by atoms with Crippen molar-refractivity contribution < 1.29 is 9.53 Å². The van der Waals surface area contributed by atoms with E-state index in [1.165, 1.54) is 25.7 Å². The molecule has 2 aliphatic carbocycles. The molecule has 1 aromatic rings. The summed E-state index contributed by atoms with van der Waals surface area (Å²) >= 11 is 0. The number of hydrogen-bond donors (Lipinski definition) is 0. The molecule has 2 bridgehead atoms. The van der Waals surface area contributed by atoms with Crippen molar-refractivity contribution in [2.45, 2.75) is 25.7 Å². The van der Waals surface area contributed by atoms with Crippen LogP contribution in [0.1, 0.15) is 25.7 Å². The van der Waals surface area contributed by atoms with Crippen LogP contribution in [0.5, 0.6) is 5.75 Å². The molecular formula is C16H21NO2. The van der Waals surface area contributed by atoms with Gasteiger partial charge in [-0.3, -0.25) is 0 Å². The number of carbonyl (C=O) groups is 1. The monoisotopic (exact) mass is 259 g/mol. The Kier molecular flexibility index (Phi) is 3.45. The first kappa shape index (κ1) is 12.5. The van der Waals surface area contributed by atoms with Crippen molar-refractivity contribution in [3.8, 4) is 5.75 Å². The van der Waals surface area contributed by atoms with Crippen molar-refractivity contribution >= 4 is 6.09 Å². The highest BCUT2D eigenvalue weighted by atomic mass is 16.6. The van der Waals surface area contributed by atoms with E-state index in [9.17, 15) is 4.79 Å². The van der Waals surface area contributed by atoms with Crippen LogP contribution in [0, 0.1) is 17.8 Å². The van der Waals surface area contributed by atoms with Crippen LogP contribution in [0.2, 0.25) is 0 Å². The lowest BCUT2D eigenvalue weighted by Crippen LogP contribution is -2.35. The number of amides is 1. The van der Waals surface area contributed by atoms with Crippen molar-refractivity contribution in [1.29, 1.82) is 0 Å². The topological polar surface area (TPSA) is 29.5 Å². The van der Waals surface area contributed by atoms with Crippen LogP contribution in [0.3, 0.4) is 0 Å². The second-order valence-electron chi connectivity index (χ2n) is 6.00. The summed E-state index contributed by atoms with van der Waals surface area (Å²) in [5.41, 5.74) is 0. The van der Waals surface area contributed by atoms with E-state index in [0.29, 0.717) is 11.7 Å². The molecule has 3 rings (SSSR count). The number of rotatable bonds is 3. The second kappa shape index (κ2) is 5.24. The van der Waals surface area contributed by atoms with Crippen LogP contribution < -0.4 is 4.74 Å². The average Bonchev–Trinajstić information content (AvgIpc) is 3.02. The fourth-order valence-electron chi connectivity index (χ4n) is 3.69. The van der Waals surface area contributed by atoms with Gasteiger partial charge in [-0.2, -0.15) is 0 Å². The van der Waals surface area contributed by atoms with E-state index in [1.54, 1.807) is 4.90 Å². The van der Waals surface area contributed by atoms with Gasteiger partial charge in [0.1, 0.15) is 5.75 Å². The summed E-state index contributed by atoms with van der Waals surface area (Å²) in [4.78, 5) is 13.7. The highest BCUT2D eigenvalue weighted by molar-refractivity contribution is 5.70. The van der Waals surface area contributed by atoms with Crippen molar-refractivity contribution in [2.75, 3.05) is 13.6 Å². The van der Waals surface area contributed by atoms with Gasteiger partial charge in [-0.1, -0.05) is 24.6 Å². The molecule has 0 saturated heterocycles. The normalized spacial score (nSPS) is 28.4. The summed E-state index contributed by atoms with van der Waals surface area (Å²) in [7, 11) is 1.84. The summed E-state index contributed by atoms with van der Waals surface area (Å²) in [5, 5.41) is 0. The average molecular weight is 259 g/mol.